The average molecular weight is 238 g/mol. The van der Waals surface area contributed by atoms with Crippen LogP contribution in [0.25, 0.3) is 6.08 Å². The summed E-state index contributed by atoms with van der Waals surface area (Å²) in [5.41, 5.74) is 0.560. The molecule has 2 rings (SSSR count). The molecule has 0 radical (unpaired) electrons. The van der Waals surface area contributed by atoms with Gasteiger partial charge in [0.2, 0.25) is 0 Å². The summed E-state index contributed by atoms with van der Waals surface area (Å²) in [7, 11) is 0. The molecule has 78 valence electrons. The zero-order chi connectivity index (χ0) is 10.8. The molecule has 3 nitrogen and oxygen atoms in total. The number of thiocarbonyl (C=S) groups is 1. The number of hydrogen-bond acceptors (Lipinski definition) is 3. The monoisotopic (exact) mass is 238 g/mol. The summed E-state index contributed by atoms with van der Waals surface area (Å²) in [5.74, 6) is -0.0455. The van der Waals surface area contributed by atoms with Gasteiger partial charge in [0.05, 0.1) is 0 Å². The number of hydrogen-bond donors (Lipinski definition) is 1. The van der Waals surface area contributed by atoms with E-state index < -0.39 is 0 Å². The van der Waals surface area contributed by atoms with Crippen molar-refractivity contribution in [3.8, 4) is 0 Å². The quantitative estimate of drug-likeness (QED) is 0.630. The fraction of sp³-hybridized carbons (Fsp3) is 0.200. The first-order valence-electron chi connectivity index (χ1n) is 4.60. The maximum Gasteiger partial charge on any atom is 0.276 e. The smallest absolute Gasteiger partial charge is 0.276 e. The Morgan fingerprint density at radius 2 is 2.47 bits per heavy atom. The molecule has 1 aromatic rings. The lowest BCUT2D eigenvalue weighted by Gasteiger charge is -2.08. The van der Waals surface area contributed by atoms with Crippen molar-refractivity contribution in [2.45, 2.75) is 6.92 Å². The van der Waals surface area contributed by atoms with E-state index in [1.165, 1.54) is 0 Å². The molecule has 1 N–H and O–H groups in total. The van der Waals surface area contributed by atoms with Crippen LogP contribution in [0.4, 0.5) is 0 Å². The third kappa shape index (κ3) is 1.93. The highest BCUT2D eigenvalue weighted by molar-refractivity contribution is 7.80. The van der Waals surface area contributed by atoms with Crippen molar-refractivity contribution in [3.05, 3.63) is 28.1 Å². The van der Waals surface area contributed by atoms with Gasteiger partial charge in [-0.25, -0.2) is 0 Å². The molecule has 2 heterocycles. The Morgan fingerprint density at radius 1 is 1.67 bits per heavy atom. The predicted molar refractivity (Wildman–Crippen MR) is 65.4 cm³/mol. The number of carbonyl (C=O) groups excluding carboxylic acids is 1. The first kappa shape index (κ1) is 10.3. The Morgan fingerprint density at radius 3 is 3.00 bits per heavy atom. The Labute approximate surface area is 97.4 Å². The van der Waals surface area contributed by atoms with Gasteiger partial charge in [-0.1, -0.05) is 6.07 Å². The first-order valence-corrected chi connectivity index (χ1v) is 5.89. The number of nitrogens with one attached hydrogen (secondary N) is 1. The number of carbonyl (C=O) groups is 1. The second kappa shape index (κ2) is 4.12. The van der Waals surface area contributed by atoms with Crippen molar-refractivity contribution >= 4 is 40.7 Å². The highest BCUT2D eigenvalue weighted by Gasteiger charge is 2.28. The van der Waals surface area contributed by atoms with E-state index in [2.05, 4.69) is 5.32 Å². The third-order valence-electron chi connectivity index (χ3n) is 2.11. The van der Waals surface area contributed by atoms with Gasteiger partial charge in [0.25, 0.3) is 5.91 Å². The second-order valence-electron chi connectivity index (χ2n) is 3.05. The Bertz CT molecular complexity index is 423. The standard InChI is InChI=1S/C10H10N2OS2/c1-2-12-9(13)8(11-10(12)14)6-7-4-3-5-15-7/h3-6H,2H2,1H3,(H,11,14)/b8-6-. The first-order chi connectivity index (χ1) is 7.22. The summed E-state index contributed by atoms with van der Waals surface area (Å²) in [5, 5.41) is 5.38. The van der Waals surface area contributed by atoms with Crippen LogP contribution in [0.3, 0.4) is 0 Å². The molecular formula is C10H10N2OS2. The molecule has 0 aromatic carbocycles. The van der Waals surface area contributed by atoms with Gasteiger partial charge in [-0.2, -0.15) is 0 Å². The van der Waals surface area contributed by atoms with Crippen molar-refractivity contribution in [1.82, 2.24) is 10.2 Å². The van der Waals surface area contributed by atoms with Gasteiger partial charge in [-0.15, -0.1) is 11.3 Å². The second-order valence-corrected chi connectivity index (χ2v) is 4.42. The number of rotatable bonds is 2. The van der Waals surface area contributed by atoms with Crippen molar-refractivity contribution < 1.29 is 4.79 Å². The van der Waals surface area contributed by atoms with Gasteiger partial charge < -0.3 is 5.32 Å². The molecule has 1 aliphatic rings. The molecule has 0 spiro atoms. The van der Waals surface area contributed by atoms with E-state index in [0.29, 0.717) is 17.4 Å². The summed E-state index contributed by atoms with van der Waals surface area (Å²) in [6.07, 6.45) is 1.83. The van der Waals surface area contributed by atoms with Crippen molar-refractivity contribution in [3.63, 3.8) is 0 Å². The minimum absolute atomic E-state index is 0.0455. The average Bonchev–Trinajstić information content (AvgIpc) is 2.78. The van der Waals surface area contributed by atoms with E-state index in [9.17, 15) is 4.79 Å². The molecule has 0 unspecified atom stereocenters. The van der Waals surface area contributed by atoms with Gasteiger partial charge in [0, 0.05) is 11.4 Å². The molecule has 0 saturated carbocycles. The maximum absolute atomic E-state index is 11.8. The Balaban J connectivity index is 2.26. The molecule has 15 heavy (non-hydrogen) atoms. The molecule has 1 saturated heterocycles. The van der Waals surface area contributed by atoms with Gasteiger partial charge >= 0.3 is 0 Å². The molecule has 1 amide bonds. The summed E-state index contributed by atoms with van der Waals surface area (Å²) >= 11 is 6.64. The molecule has 0 aliphatic carbocycles. The van der Waals surface area contributed by atoms with E-state index in [4.69, 9.17) is 12.2 Å². The van der Waals surface area contributed by atoms with Crippen molar-refractivity contribution in [2.24, 2.45) is 0 Å². The van der Waals surface area contributed by atoms with Gasteiger partial charge in [0.15, 0.2) is 5.11 Å². The maximum atomic E-state index is 11.8. The highest BCUT2D eigenvalue weighted by atomic mass is 32.1. The predicted octanol–water partition coefficient (Wildman–Crippen LogP) is 1.83. The summed E-state index contributed by atoms with van der Waals surface area (Å²) in [6, 6.07) is 3.91. The SMILES string of the molecule is CCN1C(=O)/C(=C/c2cccs2)NC1=S. The van der Waals surface area contributed by atoms with Gasteiger partial charge in [-0.05, 0) is 36.7 Å². The van der Waals surface area contributed by atoms with E-state index in [1.54, 1.807) is 16.2 Å². The minimum Gasteiger partial charge on any atom is -0.328 e. The summed E-state index contributed by atoms with van der Waals surface area (Å²) in [6.45, 7) is 2.51. The molecular weight excluding hydrogens is 228 g/mol. The van der Waals surface area contributed by atoms with E-state index >= 15 is 0 Å². The fourth-order valence-electron chi connectivity index (χ4n) is 1.37. The third-order valence-corrected chi connectivity index (χ3v) is 3.25. The summed E-state index contributed by atoms with van der Waals surface area (Å²) in [4.78, 5) is 14.4. The fourth-order valence-corrected chi connectivity index (χ4v) is 2.35. The topological polar surface area (TPSA) is 32.3 Å². The molecule has 1 aromatic heterocycles. The van der Waals surface area contributed by atoms with Crippen LogP contribution in [-0.4, -0.2) is 22.5 Å². The molecule has 1 fully saturated rings. The van der Waals surface area contributed by atoms with Crippen LogP contribution in [0.2, 0.25) is 0 Å². The largest absolute Gasteiger partial charge is 0.328 e. The Hall–Kier alpha value is -1.20. The van der Waals surface area contributed by atoms with Crippen LogP contribution in [0.5, 0.6) is 0 Å². The van der Waals surface area contributed by atoms with Crippen molar-refractivity contribution in [2.75, 3.05) is 6.54 Å². The highest BCUT2D eigenvalue weighted by Crippen LogP contribution is 2.16. The number of amides is 1. The van der Waals surface area contributed by atoms with Crippen LogP contribution in [0.15, 0.2) is 23.2 Å². The number of nitrogens with zero attached hydrogens (tertiary/aromatic N) is 1. The van der Waals surface area contributed by atoms with E-state index in [1.807, 2.05) is 30.5 Å². The van der Waals surface area contributed by atoms with Crippen molar-refractivity contribution in [1.29, 1.82) is 0 Å². The lowest BCUT2D eigenvalue weighted by molar-refractivity contribution is -0.122. The number of thiophene rings is 1. The van der Waals surface area contributed by atoms with Gasteiger partial charge in [0.1, 0.15) is 5.70 Å². The molecule has 0 atom stereocenters. The van der Waals surface area contributed by atoms with Crippen LogP contribution < -0.4 is 5.32 Å². The number of likely N-dealkylation sites (N-methyl/N-ethyl adjacent to an activating group) is 1. The van der Waals surface area contributed by atoms with Crippen LogP contribution in [0, 0.1) is 0 Å². The summed E-state index contributed by atoms with van der Waals surface area (Å²) < 4.78 is 0. The van der Waals surface area contributed by atoms with Crippen LogP contribution >= 0.6 is 23.6 Å². The van der Waals surface area contributed by atoms with Crippen LogP contribution in [-0.2, 0) is 4.79 Å². The lowest BCUT2D eigenvalue weighted by Crippen LogP contribution is -2.30. The molecule has 5 heteroatoms. The van der Waals surface area contributed by atoms with E-state index in [-0.39, 0.29) is 5.91 Å². The minimum atomic E-state index is -0.0455. The molecule has 1 aliphatic heterocycles. The lowest BCUT2D eigenvalue weighted by atomic mass is 10.3. The van der Waals surface area contributed by atoms with E-state index in [0.717, 1.165) is 4.88 Å². The zero-order valence-corrected chi connectivity index (χ0v) is 9.82. The molecule has 0 bridgehead atoms. The zero-order valence-electron chi connectivity index (χ0n) is 8.19. The Kier molecular flexibility index (Phi) is 2.83. The van der Waals surface area contributed by atoms with Gasteiger partial charge in [-0.3, -0.25) is 9.69 Å². The van der Waals surface area contributed by atoms with Crippen LogP contribution in [0.1, 0.15) is 11.8 Å². The normalized spacial score (nSPS) is 18.7.